The van der Waals surface area contributed by atoms with Gasteiger partial charge in [-0.25, -0.2) is 0 Å². The van der Waals surface area contributed by atoms with Crippen LogP contribution < -0.4 is 0 Å². The average molecular weight is 276 g/mol. The lowest BCUT2D eigenvalue weighted by molar-refractivity contribution is -0.104. The van der Waals surface area contributed by atoms with Crippen LogP contribution in [0.2, 0.25) is 0 Å². The van der Waals surface area contributed by atoms with Crippen LogP contribution in [-0.4, -0.2) is 27.2 Å². The van der Waals surface area contributed by atoms with Crippen molar-refractivity contribution in [2.75, 3.05) is 0 Å². The van der Waals surface area contributed by atoms with Crippen molar-refractivity contribution in [1.29, 1.82) is 0 Å². The summed E-state index contributed by atoms with van der Waals surface area (Å²) in [6.45, 7) is 3.36. The molecule has 0 aliphatic carbocycles. The van der Waals surface area contributed by atoms with Crippen LogP contribution >= 0.6 is 0 Å². The number of phenols is 2. The molecule has 1 aromatic rings. The molecule has 1 aromatic carbocycles. The normalized spacial score (nSPS) is 15.2. The molecule has 0 radical (unpaired) electrons. The average Bonchev–Trinajstić information content (AvgIpc) is 2.39. The van der Waals surface area contributed by atoms with Gasteiger partial charge in [0.05, 0.1) is 5.60 Å². The third-order valence-corrected chi connectivity index (χ3v) is 2.94. The number of hydrogen-bond acceptors (Lipinski definition) is 4. The van der Waals surface area contributed by atoms with Crippen LogP contribution in [0.1, 0.15) is 32.3 Å². The van der Waals surface area contributed by atoms with Gasteiger partial charge in [-0.15, -0.1) is 0 Å². The van der Waals surface area contributed by atoms with E-state index < -0.39 is 5.60 Å². The predicted molar refractivity (Wildman–Crippen MR) is 78.5 cm³/mol. The molecule has 0 spiro atoms. The molecule has 0 saturated heterocycles. The summed E-state index contributed by atoms with van der Waals surface area (Å²) in [7, 11) is 0. The fourth-order valence-corrected chi connectivity index (χ4v) is 1.67. The summed E-state index contributed by atoms with van der Waals surface area (Å²) in [5.74, 6) is 0.0816. The minimum atomic E-state index is -1.06. The first-order valence-corrected chi connectivity index (χ1v) is 6.39. The first-order valence-electron chi connectivity index (χ1n) is 6.39. The first kappa shape index (κ1) is 16.0. The van der Waals surface area contributed by atoms with E-state index in [0.29, 0.717) is 24.0 Å². The Morgan fingerprint density at radius 2 is 2.05 bits per heavy atom. The summed E-state index contributed by atoms with van der Waals surface area (Å²) in [6, 6.07) is 4.19. The highest BCUT2D eigenvalue weighted by molar-refractivity contribution is 5.71. The Balaban J connectivity index is 2.72. The van der Waals surface area contributed by atoms with Gasteiger partial charge in [0.25, 0.3) is 0 Å². The summed E-state index contributed by atoms with van der Waals surface area (Å²) in [6.07, 6.45) is 6.69. The molecule has 4 nitrogen and oxygen atoms in total. The Morgan fingerprint density at radius 3 is 2.70 bits per heavy atom. The van der Waals surface area contributed by atoms with Crippen LogP contribution in [0.15, 0.2) is 35.9 Å². The Morgan fingerprint density at radius 1 is 1.35 bits per heavy atom. The molecule has 0 heterocycles. The topological polar surface area (TPSA) is 77.8 Å². The number of aliphatic hydroxyl groups is 1. The highest BCUT2D eigenvalue weighted by Crippen LogP contribution is 2.25. The van der Waals surface area contributed by atoms with Gasteiger partial charge >= 0.3 is 0 Å². The van der Waals surface area contributed by atoms with E-state index in [9.17, 15) is 20.1 Å². The summed E-state index contributed by atoms with van der Waals surface area (Å²) in [4.78, 5) is 10.4. The van der Waals surface area contributed by atoms with Crippen molar-refractivity contribution >= 4 is 12.4 Å². The molecule has 0 fully saturated rings. The van der Waals surface area contributed by atoms with Gasteiger partial charge in [0, 0.05) is 5.56 Å². The minimum Gasteiger partial charge on any atom is -0.508 e. The number of hydrogen-bond donors (Lipinski definition) is 3. The van der Waals surface area contributed by atoms with E-state index in [1.165, 1.54) is 18.2 Å². The van der Waals surface area contributed by atoms with Crippen molar-refractivity contribution in [3.8, 4) is 11.5 Å². The molecule has 20 heavy (non-hydrogen) atoms. The first-order chi connectivity index (χ1) is 9.34. The van der Waals surface area contributed by atoms with Crippen molar-refractivity contribution in [2.24, 2.45) is 0 Å². The molecule has 0 unspecified atom stereocenters. The highest BCUT2D eigenvalue weighted by Gasteiger charge is 2.15. The minimum absolute atomic E-state index is 0.0338. The van der Waals surface area contributed by atoms with Gasteiger partial charge < -0.3 is 15.3 Å². The van der Waals surface area contributed by atoms with Crippen LogP contribution in [0.25, 0.3) is 6.08 Å². The Labute approximate surface area is 118 Å². The van der Waals surface area contributed by atoms with Gasteiger partial charge in [0.1, 0.15) is 17.8 Å². The van der Waals surface area contributed by atoms with Gasteiger partial charge in [-0.05, 0) is 50.5 Å². The number of carbonyl (C=O) groups is 1. The fraction of sp³-hybridized carbons (Fsp3) is 0.312. The number of aldehydes is 1. The number of phenolic OH excluding ortho intramolecular Hbond substituents is 2. The van der Waals surface area contributed by atoms with E-state index in [2.05, 4.69) is 0 Å². The maximum Gasteiger partial charge on any atom is 0.145 e. The van der Waals surface area contributed by atoms with Crippen LogP contribution in [0.5, 0.6) is 11.5 Å². The van der Waals surface area contributed by atoms with Gasteiger partial charge in [0.2, 0.25) is 0 Å². The molecular weight excluding hydrogens is 256 g/mol. The number of benzene rings is 1. The second-order valence-corrected chi connectivity index (χ2v) is 5.04. The largest absolute Gasteiger partial charge is 0.508 e. The van der Waals surface area contributed by atoms with Gasteiger partial charge in [-0.3, -0.25) is 4.79 Å². The zero-order valence-electron chi connectivity index (χ0n) is 11.7. The van der Waals surface area contributed by atoms with Crippen LogP contribution in [0.3, 0.4) is 0 Å². The van der Waals surface area contributed by atoms with Crippen LogP contribution in [-0.2, 0) is 4.79 Å². The van der Waals surface area contributed by atoms with Gasteiger partial charge in [0.15, 0.2) is 0 Å². The van der Waals surface area contributed by atoms with Gasteiger partial charge in [-0.2, -0.15) is 0 Å². The molecule has 0 aromatic heterocycles. The lowest BCUT2D eigenvalue weighted by Crippen LogP contribution is -2.19. The smallest absolute Gasteiger partial charge is 0.145 e. The highest BCUT2D eigenvalue weighted by atomic mass is 16.3. The maximum atomic E-state index is 10.4. The van der Waals surface area contributed by atoms with E-state index >= 15 is 0 Å². The predicted octanol–water partition coefficient (Wildman–Crippen LogP) is 2.79. The quantitative estimate of drug-likeness (QED) is 0.424. The molecule has 1 rings (SSSR count). The van der Waals surface area contributed by atoms with E-state index in [0.717, 1.165) is 6.29 Å². The maximum absolute atomic E-state index is 10.4. The molecule has 0 aliphatic heterocycles. The van der Waals surface area contributed by atoms with Crippen LogP contribution in [0, 0.1) is 0 Å². The Hall–Kier alpha value is -2.07. The van der Waals surface area contributed by atoms with E-state index in [1.807, 2.05) is 0 Å². The van der Waals surface area contributed by atoms with Crippen molar-refractivity contribution in [1.82, 2.24) is 0 Å². The van der Waals surface area contributed by atoms with Crippen molar-refractivity contribution in [3.05, 3.63) is 41.5 Å². The van der Waals surface area contributed by atoms with Gasteiger partial charge in [-0.1, -0.05) is 18.2 Å². The summed E-state index contributed by atoms with van der Waals surface area (Å²) >= 11 is 0. The fourth-order valence-electron chi connectivity index (χ4n) is 1.67. The number of aromatic hydroxyl groups is 2. The molecule has 0 amide bonds. The van der Waals surface area contributed by atoms with Crippen molar-refractivity contribution in [2.45, 2.75) is 32.3 Å². The lowest BCUT2D eigenvalue weighted by atomic mass is 9.97. The van der Waals surface area contributed by atoms with Crippen molar-refractivity contribution < 1.29 is 20.1 Å². The number of rotatable bonds is 6. The second-order valence-electron chi connectivity index (χ2n) is 5.04. The summed E-state index contributed by atoms with van der Waals surface area (Å²) in [5, 5.41) is 29.1. The van der Waals surface area contributed by atoms with E-state index in [1.54, 1.807) is 32.1 Å². The molecule has 1 atom stereocenters. The second kappa shape index (κ2) is 6.91. The van der Waals surface area contributed by atoms with E-state index in [4.69, 9.17) is 0 Å². The lowest BCUT2D eigenvalue weighted by Gasteiger charge is -2.18. The summed E-state index contributed by atoms with van der Waals surface area (Å²) in [5.41, 5.74) is 0.0117. The zero-order valence-corrected chi connectivity index (χ0v) is 11.7. The Bertz CT molecular complexity index is 527. The zero-order chi connectivity index (χ0) is 15.2. The standard InChI is InChI=1S/C16H20O4/c1-12(11-17)4-3-8-16(2,20)9-7-13-10-14(18)5-6-15(13)19/h4-7,9-11,18-20H,3,8H2,1-2H3/t16-/m0/s1. The molecule has 3 N–H and O–H groups in total. The third kappa shape index (κ3) is 5.28. The SMILES string of the molecule is CC(C=O)=CCC[C@](C)(O)C=Cc1cc(O)ccc1O. The number of allylic oxidation sites excluding steroid dienone is 2. The molecule has 0 aliphatic rings. The molecular formula is C16H20O4. The van der Waals surface area contributed by atoms with E-state index in [-0.39, 0.29) is 11.5 Å². The summed E-state index contributed by atoms with van der Waals surface area (Å²) < 4.78 is 0. The monoisotopic (exact) mass is 276 g/mol. The molecule has 108 valence electrons. The Kier molecular flexibility index (Phi) is 5.53. The van der Waals surface area contributed by atoms with Crippen LogP contribution in [0.4, 0.5) is 0 Å². The third-order valence-electron chi connectivity index (χ3n) is 2.94. The number of carbonyl (C=O) groups excluding carboxylic acids is 1. The van der Waals surface area contributed by atoms with Crippen molar-refractivity contribution in [3.63, 3.8) is 0 Å². The molecule has 0 bridgehead atoms. The molecule has 4 heteroatoms. The molecule has 0 saturated carbocycles.